The molecular formula is C12H12N6O2. The Morgan fingerprint density at radius 1 is 1.60 bits per heavy atom. The van der Waals surface area contributed by atoms with Gasteiger partial charge in [0, 0.05) is 0 Å². The molecule has 3 N–H and O–H groups in total. The average molecular weight is 272 g/mol. The van der Waals surface area contributed by atoms with Gasteiger partial charge in [-0.15, -0.1) is 5.10 Å². The van der Waals surface area contributed by atoms with Crippen LogP contribution < -0.4 is 15.8 Å². The van der Waals surface area contributed by atoms with Crippen molar-refractivity contribution in [3.05, 3.63) is 30.1 Å². The molecule has 0 spiro atoms. The summed E-state index contributed by atoms with van der Waals surface area (Å²) < 4.78 is 6.42. The normalized spacial score (nSPS) is 9.80. The summed E-state index contributed by atoms with van der Waals surface area (Å²) in [5.41, 5.74) is 6.01. The van der Waals surface area contributed by atoms with E-state index >= 15 is 0 Å². The minimum Gasteiger partial charge on any atom is -0.495 e. The lowest BCUT2D eigenvalue weighted by Crippen LogP contribution is -2.20. The molecule has 0 saturated carbocycles. The molecule has 0 aliphatic rings. The number of methoxy groups -OCH3 is 1. The third-order valence-electron chi connectivity index (χ3n) is 2.49. The number of nitrogens with two attached hydrogens (primary N) is 1. The van der Waals surface area contributed by atoms with Crippen LogP contribution in [0.2, 0.25) is 0 Å². The molecule has 2 rings (SSSR count). The van der Waals surface area contributed by atoms with Crippen molar-refractivity contribution in [2.24, 2.45) is 0 Å². The molecule has 0 atom stereocenters. The Kier molecular flexibility index (Phi) is 3.81. The number of ether oxygens (including phenoxy) is 1. The number of nitriles is 1. The molecule has 0 saturated heterocycles. The number of benzene rings is 1. The molecule has 1 aromatic carbocycles. The van der Waals surface area contributed by atoms with Gasteiger partial charge in [0.2, 0.25) is 11.9 Å². The van der Waals surface area contributed by atoms with Crippen molar-refractivity contribution in [2.45, 2.75) is 6.54 Å². The number of carbonyl (C=O) groups excluding carboxylic acids is 1. The molecule has 20 heavy (non-hydrogen) atoms. The zero-order valence-electron chi connectivity index (χ0n) is 10.7. The van der Waals surface area contributed by atoms with E-state index in [4.69, 9.17) is 15.7 Å². The fourth-order valence-electron chi connectivity index (χ4n) is 1.63. The van der Waals surface area contributed by atoms with E-state index in [1.54, 1.807) is 18.2 Å². The van der Waals surface area contributed by atoms with Crippen LogP contribution in [0.15, 0.2) is 24.5 Å². The molecule has 0 aliphatic heterocycles. The first-order valence-electron chi connectivity index (χ1n) is 5.66. The molecule has 8 heteroatoms. The van der Waals surface area contributed by atoms with Gasteiger partial charge in [-0.05, 0) is 12.1 Å². The standard InChI is InChI=1S/C12H12N6O2/c1-20-9-4-2-3-8(5-13)11(9)16-10(19)6-18-7-15-12(14)17-18/h2-4,7H,6H2,1H3,(H2,14,17)(H,16,19). The number of nitrogens with one attached hydrogen (secondary N) is 1. The van der Waals surface area contributed by atoms with Gasteiger partial charge in [-0.1, -0.05) is 6.07 Å². The third kappa shape index (κ3) is 2.84. The Morgan fingerprint density at radius 2 is 2.40 bits per heavy atom. The number of nitrogens with zero attached hydrogens (tertiary/aromatic N) is 4. The number of para-hydroxylation sites is 1. The maximum atomic E-state index is 11.9. The SMILES string of the molecule is COc1cccc(C#N)c1NC(=O)Cn1cnc(N)n1. The summed E-state index contributed by atoms with van der Waals surface area (Å²) in [6, 6.07) is 6.91. The van der Waals surface area contributed by atoms with Gasteiger partial charge >= 0.3 is 0 Å². The van der Waals surface area contributed by atoms with E-state index in [2.05, 4.69) is 15.4 Å². The molecular weight excluding hydrogens is 260 g/mol. The maximum absolute atomic E-state index is 11.9. The molecule has 1 heterocycles. The van der Waals surface area contributed by atoms with Gasteiger partial charge < -0.3 is 15.8 Å². The summed E-state index contributed by atoms with van der Waals surface area (Å²) in [6.07, 6.45) is 1.35. The van der Waals surface area contributed by atoms with Gasteiger partial charge in [0.15, 0.2) is 0 Å². The molecule has 2 aromatic rings. The molecule has 0 bridgehead atoms. The highest BCUT2D eigenvalue weighted by Crippen LogP contribution is 2.27. The molecule has 102 valence electrons. The van der Waals surface area contributed by atoms with Crippen LogP contribution in [0.4, 0.5) is 11.6 Å². The van der Waals surface area contributed by atoms with Crippen molar-refractivity contribution in [2.75, 3.05) is 18.2 Å². The Hall–Kier alpha value is -3.08. The predicted molar refractivity (Wildman–Crippen MR) is 70.8 cm³/mol. The summed E-state index contributed by atoms with van der Waals surface area (Å²) in [6.45, 7) is -0.0624. The van der Waals surface area contributed by atoms with Crippen molar-refractivity contribution in [1.29, 1.82) is 5.26 Å². The highest BCUT2D eigenvalue weighted by Gasteiger charge is 2.13. The van der Waals surface area contributed by atoms with E-state index in [-0.39, 0.29) is 18.4 Å². The first kappa shape index (κ1) is 13.4. The smallest absolute Gasteiger partial charge is 0.246 e. The molecule has 0 fully saturated rings. The number of hydrogen-bond donors (Lipinski definition) is 2. The minimum absolute atomic E-state index is 0.0624. The molecule has 0 radical (unpaired) electrons. The predicted octanol–water partition coefficient (Wildman–Crippen LogP) is 0.379. The van der Waals surface area contributed by atoms with Crippen molar-refractivity contribution in [3.8, 4) is 11.8 Å². The second-order valence-electron chi connectivity index (χ2n) is 3.84. The van der Waals surface area contributed by atoms with Crippen molar-refractivity contribution in [3.63, 3.8) is 0 Å². The van der Waals surface area contributed by atoms with Gasteiger partial charge in [0.05, 0.1) is 12.7 Å². The van der Waals surface area contributed by atoms with Crippen LogP contribution >= 0.6 is 0 Å². The lowest BCUT2D eigenvalue weighted by atomic mass is 10.2. The number of rotatable bonds is 4. The summed E-state index contributed by atoms with van der Waals surface area (Å²) in [7, 11) is 1.46. The number of amides is 1. The first-order valence-corrected chi connectivity index (χ1v) is 5.66. The van der Waals surface area contributed by atoms with Crippen molar-refractivity contribution in [1.82, 2.24) is 14.8 Å². The van der Waals surface area contributed by atoms with Crippen LogP contribution in [0, 0.1) is 11.3 Å². The van der Waals surface area contributed by atoms with E-state index < -0.39 is 0 Å². The van der Waals surface area contributed by atoms with Crippen LogP contribution in [-0.2, 0) is 11.3 Å². The monoisotopic (exact) mass is 272 g/mol. The van der Waals surface area contributed by atoms with Crippen LogP contribution in [0.1, 0.15) is 5.56 Å². The number of anilines is 2. The zero-order valence-corrected chi connectivity index (χ0v) is 10.7. The molecule has 0 aliphatic carbocycles. The summed E-state index contributed by atoms with van der Waals surface area (Å²) in [4.78, 5) is 15.6. The zero-order chi connectivity index (χ0) is 14.5. The third-order valence-corrected chi connectivity index (χ3v) is 2.49. The number of aromatic nitrogens is 3. The average Bonchev–Trinajstić information content (AvgIpc) is 2.84. The van der Waals surface area contributed by atoms with Crippen LogP contribution in [0.3, 0.4) is 0 Å². The van der Waals surface area contributed by atoms with E-state index in [9.17, 15) is 4.79 Å². The summed E-state index contributed by atoms with van der Waals surface area (Å²) in [5.74, 6) is 0.138. The Labute approximate surface area is 114 Å². The molecule has 0 unspecified atom stereocenters. The number of carbonyl (C=O) groups is 1. The second-order valence-corrected chi connectivity index (χ2v) is 3.84. The summed E-state index contributed by atoms with van der Waals surface area (Å²) >= 11 is 0. The van der Waals surface area contributed by atoms with Gasteiger partial charge in [-0.25, -0.2) is 9.67 Å². The van der Waals surface area contributed by atoms with E-state index in [0.29, 0.717) is 17.0 Å². The Bertz CT molecular complexity index is 673. The van der Waals surface area contributed by atoms with E-state index in [1.165, 1.54) is 18.1 Å². The van der Waals surface area contributed by atoms with Gasteiger partial charge in [-0.2, -0.15) is 5.26 Å². The first-order chi connectivity index (χ1) is 9.63. The quantitative estimate of drug-likeness (QED) is 0.830. The molecule has 1 aromatic heterocycles. The van der Waals surface area contributed by atoms with Gasteiger partial charge in [0.1, 0.15) is 30.4 Å². The van der Waals surface area contributed by atoms with Crippen LogP contribution in [-0.4, -0.2) is 27.8 Å². The van der Waals surface area contributed by atoms with E-state index in [0.717, 1.165) is 0 Å². The topological polar surface area (TPSA) is 119 Å². The largest absolute Gasteiger partial charge is 0.495 e. The fraction of sp³-hybridized carbons (Fsp3) is 0.167. The van der Waals surface area contributed by atoms with Crippen molar-refractivity contribution >= 4 is 17.5 Å². The lowest BCUT2D eigenvalue weighted by Gasteiger charge is -2.11. The number of hydrogen-bond acceptors (Lipinski definition) is 6. The Balaban J connectivity index is 2.17. The fourth-order valence-corrected chi connectivity index (χ4v) is 1.63. The molecule has 1 amide bonds. The second kappa shape index (κ2) is 5.71. The highest BCUT2D eigenvalue weighted by molar-refractivity contribution is 5.93. The number of nitrogen functional groups attached to an aromatic ring is 1. The van der Waals surface area contributed by atoms with Crippen molar-refractivity contribution < 1.29 is 9.53 Å². The lowest BCUT2D eigenvalue weighted by molar-refractivity contribution is -0.116. The minimum atomic E-state index is -0.365. The van der Waals surface area contributed by atoms with Gasteiger partial charge in [-0.3, -0.25) is 4.79 Å². The Morgan fingerprint density at radius 3 is 3.00 bits per heavy atom. The van der Waals surface area contributed by atoms with E-state index in [1.807, 2.05) is 6.07 Å². The highest BCUT2D eigenvalue weighted by atomic mass is 16.5. The maximum Gasteiger partial charge on any atom is 0.246 e. The van der Waals surface area contributed by atoms with Gasteiger partial charge in [0.25, 0.3) is 0 Å². The summed E-state index contributed by atoms with van der Waals surface area (Å²) in [5, 5.41) is 15.5. The molecule has 8 nitrogen and oxygen atoms in total. The van der Waals surface area contributed by atoms with Crippen LogP contribution in [0.25, 0.3) is 0 Å². The van der Waals surface area contributed by atoms with Crippen LogP contribution in [0.5, 0.6) is 5.75 Å².